The zero-order chi connectivity index (χ0) is 16.7. The molecule has 0 aliphatic carbocycles. The van der Waals surface area contributed by atoms with Crippen LogP contribution in [0.3, 0.4) is 0 Å². The van der Waals surface area contributed by atoms with E-state index in [2.05, 4.69) is 0 Å². The van der Waals surface area contributed by atoms with Crippen molar-refractivity contribution in [3.05, 3.63) is 33.4 Å². The van der Waals surface area contributed by atoms with E-state index in [-0.39, 0.29) is 22.9 Å². The number of nitro groups is 1. The maximum absolute atomic E-state index is 11.5. The van der Waals surface area contributed by atoms with Gasteiger partial charge in [0.2, 0.25) is 0 Å². The summed E-state index contributed by atoms with van der Waals surface area (Å²) in [6.45, 7) is 6.19. The van der Waals surface area contributed by atoms with Crippen molar-refractivity contribution in [1.29, 1.82) is 0 Å². The molecule has 1 heterocycles. The summed E-state index contributed by atoms with van der Waals surface area (Å²) in [4.78, 5) is 23.6. The first-order valence-corrected chi connectivity index (χ1v) is 7.01. The average Bonchev–Trinajstić information content (AvgIpc) is 2.42. The summed E-state index contributed by atoms with van der Waals surface area (Å²) in [7, 11) is 1.37. The van der Waals surface area contributed by atoms with Crippen LogP contribution < -0.4 is 4.74 Å². The lowest BCUT2D eigenvalue weighted by Gasteiger charge is -2.43. The predicted octanol–water partition coefficient (Wildman–Crippen LogP) is 3.23. The molecule has 7 nitrogen and oxygen atoms in total. The number of nitro benzene ring substituents is 1. The van der Waals surface area contributed by atoms with Crippen molar-refractivity contribution >= 4 is 11.8 Å². The Balaban J connectivity index is 2.64. The standard InChI is InChI=1S/C15H20N2O5/c1-15(2,3)13-10-8-12(22-4)11(17(20)21)7-9(10)5-6-16(13)14(18)19/h7-8,13H,5-6H2,1-4H3,(H,18,19). The minimum Gasteiger partial charge on any atom is -0.490 e. The highest BCUT2D eigenvalue weighted by Crippen LogP contribution is 2.45. The van der Waals surface area contributed by atoms with Crippen molar-refractivity contribution < 1.29 is 19.6 Å². The Bertz CT molecular complexity index is 621. The van der Waals surface area contributed by atoms with Gasteiger partial charge in [0.15, 0.2) is 5.75 Å². The predicted molar refractivity (Wildman–Crippen MR) is 80.3 cm³/mol. The molecule has 1 amide bonds. The summed E-state index contributed by atoms with van der Waals surface area (Å²) in [5.41, 5.74) is 1.17. The molecule has 1 aromatic rings. The molecule has 1 aliphatic heterocycles. The van der Waals surface area contributed by atoms with Crippen molar-refractivity contribution in [2.24, 2.45) is 5.41 Å². The topological polar surface area (TPSA) is 92.9 Å². The van der Waals surface area contributed by atoms with Crippen LogP contribution in [0.15, 0.2) is 12.1 Å². The first-order chi connectivity index (χ1) is 10.2. The van der Waals surface area contributed by atoms with Gasteiger partial charge in [0.1, 0.15) is 0 Å². The third-order valence-corrected chi connectivity index (χ3v) is 3.93. The first-order valence-electron chi connectivity index (χ1n) is 7.01. The third kappa shape index (κ3) is 2.70. The maximum atomic E-state index is 11.5. The minimum atomic E-state index is -0.983. The highest BCUT2D eigenvalue weighted by molar-refractivity contribution is 5.67. The number of hydrogen-bond acceptors (Lipinski definition) is 4. The molecular formula is C15H20N2O5. The lowest BCUT2D eigenvalue weighted by atomic mass is 9.77. The van der Waals surface area contributed by atoms with Gasteiger partial charge in [0, 0.05) is 12.6 Å². The molecule has 1 N–H and O–H groups in total. The summed E-state index contributed by atoms with van der Waals surface area (Å²) in [5, 5.41) is 20.6. The van der Waals surface area contributed by atoms with Gasteiger partial charge in [-0.25, -0.2) is 4.79 Å². The lowest BCUT2D eigenvalue weighted by molar-refractivity contribution is -0.385. The van der Waals surface area contributed by atoms with Crippen molar-refractivity contribution in [3.8, 4) is 5.75 Å². The fourth-order valence-electron chi connectivity index (χ4n) is 3.08. The Morgan fingerprint density at radius 1 is 1.45 bits per heavy atom. The van der Waals surface area contributed by atoms with Gasteiger partial charge in [-0.3, -0.25) is 10.1 Å². The van der Waals surface area contributed by atoms with E-state index < -0.39 is 11.0 Å². The maximum Gasteiger partial charge on any atom is 0.407 e. The van der Waals surface area contributed by atoms with Gasteiger partial charge in [-0.15, -0.1) is 0 Å². The number of fused-ring (bicyclic) bond motifs is 1. The molecule has 1 unspecified atom stereocenters. The fraction of sp³-hybridized carbons (Fsp3) is 0.533. The zero-order valence-electron chi connectivity index (χ0n) is 13.1. The molecule has 1 aliphatic rings. The Labute approximate surface area is 128 Å². The Hall–Kier alpha value is -2.31. The Kier molecular flexibility index (Phi) is 4.00. The van der Waals surface area contributed by atoms with Crippen LogP contribution in [0.25, 0.3) is 0 Å². The minimum absolute atomic E-state index is 0.0855. The van der Waals surface area contributed by atoms with E-state index in [0.29, 0.717) is 13.0 Å². The summed E-state index contributed by atoms with van der Waals surface area (Å²) in [6.07, 6.45) is -0.526. The van der Waals surface area contributed by atoms with Crippen LogP contribution in [-0.4, -0.2) is 34.7 Å². The SMILES string of the molecule is COc1cc2c(cc1[N+](=O)[O-])CCN(C(=O)O)C2C(C)(C)C. The van der Waals surface area contributed by atoms with Crippen molar-refractivity contribution in [3.63, 3.8) is 0 Å². The molecule has 2 rings (SSSR count). The molecular weight excluding hydrogens is 288 g/mol. The number of ether oxygens (including phenoxy) is 1. The molecule has 0 radical (unpaired) electrons. The number of rotatable bonds is 2. The number of methoxy groups -OCH3 is 1. The van der Waals surface area contributed by atoms with Gasteiger partial charge in [-0.05, 0) is 29.0 Å². The third-order valence-electron chi connectivity index (χ3n) is 3.93. The quantitative estimate of drug-likeness (QED) is 0.668. The van der Waals surface area contributed by atoms with E-state index in [4.69, 9.17) is 4.74 Å². The smallest absolute Gasteiger partial charge is 0.407 e. The van der Waals surface area contributed by atoms with E-state index in [0.717, 1.165) is 11.1 Å². The normalized spacial score (nSPS) is 17.8. The second-order valence-corrected chi connectivity index (χ2v) is 6.47. The second-order valence-electron chi connectivity index (χ2n) is 6.47. The van der Waals surface area contributed by atoms with E-state index >= 15 is 0 Å². The molecule has 22 heavy (non-hydrogen) atoms. The largest absolute Gasteiger partial charge is 0.490 e. The van der Waals surface area contributed by atoms with Gasteiger partial charge < -0.3 is 14.7 Å². The molecule has 1 aromatic carbocycles. The van der Waals surface area contributed by atoms with Gasteiger partial charge in [0.05, 0.1) is 18.1 Å². The Morgan fingerprint density at radius 3 is 2.55 bits per heavy atom. The monoisotopic (exact) mass is 308 g/mol. The second kappa shape index (κ2) is 5.47. The van der Waals surface area contributed by atoms with Crippen LogP contribution in [0.5, 0.6) is 5.75 Å². The summed E-state index contributed by atoms with van der Waals surface area (Å²) in [6, 6.07) is 2.74. The van der Waals surface area contributed by atoms with Crippen molar-refractivity contribution in [2.75, 3.05) is 13.7 Å². The van der Waals surface area contributed by atoms with Crippen LogP contribution >= 0.6 is 0 Å². The molecule has 120 valence electrons. The number of carbonyl (C=O) groups is 1. The molecule has 0 fully saturated rings. The summed E-state index contributed by atoms with van der Waals surface area (Å²) >= 11 is 0. The van der Waals surface area contributed by atoms with Crippen LogP contribution in [0.2, 0.25) is 0 Å². The molecule has 0 saturated carbocycles. The number of carboxylic acid groups (broad SMARTS) is 1. The van der Waals surface area contributed by atoms with Crippen LogP contribution in [0.1, 0.15) is 37.9 Å². The van der Waals surface area contributed by atoms with Crippen molar-refractivity contribution in [2.45, 2.75) is 33.2 Å². The number of benzene rings is 1. The average molecular weight is 308 g/mol. The summed E-state index contributed by atoms with van der Waals surface area (Å²) < 4.78 is 5.12. The van der Waals surface area contributed by atoms with Gasteiger partial charge in [0.25, 0.3) is 0 Å². The lowest BCUT2D eigenvalue weighted by Crippen LogP contribution is -2.44. The van der Waals surface area contributed by atoms with Crippen LogP contribution in [-0.2, 0) is 6.42 Å². The highest BCUT2D eigenvalue weighted by atomic mass is 16.6. The highest BCUT2D eigenvalue weighted by Gasteiger charge is 2.40. The van der Waals surface area contributed by atoms with Crippen LogP contribution in [0.4, 0.5) is 10.5 Å². The van der Waals surface area contributed by atoms with E-state index in [1.165, 1.54) is 18.1 Å². The summed E-state index contributed by atoms with van der Waals surface area (Å²) in [5.74, 6) is 0.158. The molecule has 0 spiro atoms. The molecule has 0 saturated heterocycles. The fourth-order valence-corrected chi connectivity index (χ4v) is 3.08. The zero-order valence-corrected chi connectivity index (χ0v) is 13.1. The van der Waals surface area contributed by atoms with E-state index in [1.54, 1.807) is 6.07 Å². The molecule has 7 heteroatoms. The number of hydrogen-bond donors (Lipinski definition) is 1. The van der Waals surface area contributed by atoms with E-state index in [9.17, 15) is 20.0 Å². The Morgan fingerprint density at radius 2 is 2.09 bits per heavy atom. The number of nitrogens with zero attached hydrogens (tertiary/aromatic N) is 2. The van der Waals surface area contributed by atoms with E-state index in [1.807, 2.05) is 20.8 Å². The van der Waals surface area contributed by atoms with Gasteiger partial charge in [-0.2, -0.15) is 0 Å². The van der Waals surface area contributed by atoms with Gasteiger partial charge in [-0.1, -0.05) is 20.8 Å². The first kappa shape index (κ1) is 16.1. The molecule has 0 aromatic heterocycles. The molecule has 1 atom stereocenters. The number of amides is 1. The molecule has 0 bridgehead atoms. The van der Waals surface area contributed by atoms with Crippen molar-refractivity contribution in [1.82, 2.24) is 4.90 Å². The van der Waals surface area contributed by atoms with Crippen LogP contribution in [0, 0.1) is 15.5 Å². The van der Waals surface area contributed by atoms with Gasteiger partial charge >= 0.3 is 11.8 Å².